The quantitative estimate of drug-likeness (QED) is 0.658. The standard InChI is InChI=1S/C24H23F2N3O2/c25-20-8-6-16(14-21(20)26)15-29-12-10-18(11-13-29)27-23(30)19-7-9-22(28-24(19)31)17-4-2-1-3-5-17/h1-9,14,18H,10-13,15H2,(H,27,30)(H,28,31). The summed E-state index contributed by atoms with van der Waals surface area (Å²) in [6, 6.07) is 16.6. The maximum absolute atomic E-state index is 13.4. The summed E-state index contributed by atoms with van der Waals surface area (Å²) >= 11 is 0. The van der Waals surface area contributed by atoms with Crippen molar-refractivity contribution in [2.24, 2.45) is 0 Å². The highest BCUT2D eigenvalue weighted by Crippen LogP contribution is 2.17. The maximum Gasteiger partial charge on any atom is 0.261 e. The molecule has 1 saturated heterocycles. The minimum absolute atomic E-state index is 0.0399. The molecule has 4 rings (SSSR count). The van der Waals surface area contributed by atoms with Crippen molar-refractivity contribution in [3.63, 3.8) is 0 Å². The molecule has 0 spiro atoms. The molecule has 0 saturated carbocycles. The maximum atomic E-state index is 13.4. The number of carbonyl (C=O) groups excluding carboxylic acids is 1. The summed E-state index contributed by atoms with van der Waals surface area (Å²) in [7, 11) is 0. The fraction of sp³-hybridized carbons (Fsp3) is 0.250. The van der Waals surface area contributed by atoms with Crippen LogP contribution in [0.15, 0.2) is 65.5 Å². The van der Waals surface area contributed by atoms with Crippen molar-refractivity contribution in [2.45, 2.75) is 25.4 Å². The van der Waals surface area contributed by atoms with Crippen molar-refractivity contribution in [3.8, 4) is 11.3 Å². The van der Waals surface area contributed by atoms with Crippen molar-refractivity contribution >= 4 is 5.91 Å². The number of hydrogen-bond donors (Lipinski definition) is 2. The van der Waals surface area contributed by atoms with Gasteiger partial charge in [-0.1, -0.05) is 36.4 Å². The summed E-state index contributed by atoms with van der Waals surface area (Å²) in [5.74, 6) is -2.08. The second-order valence-electron chi connectivity index (χ2n) is 7.75. The van der Waals surface area contributed by atoms with E-state index >= 15 is 0 Å². The molecule has 0 unspecified atom stereocenters. The minimum Gasteiger partial charge on any atom is -0.349 e. The number of nitrogens with zero attached hydrogens (tertiary/aromatic N) is 1. The lowest BCUT2D eigenvalue weighted by molar-refractivity contribution is 0.0907. The Balaban J connectivity index is 1.33. The monoisotopic (exact) mass is 423 g/mol. The Morgan fingerprint density at radius 1 is 1.00 bits per heavy atom. The first-order chi connectivity index (χ1) is 15.0. The molecule has 0 atom stereocenters. The number of benzene rings is 2. The number of hydrogen-bond acceptors (Lipinski definition) is 3. The summed E-state index contributed by atoms with van der Waals surface area (Å²) in [5.41, 5.74) is 1.91. The lowest BCUT2D eigenvalue weighted by atomic mass is 10.0. The molecule has 1 aliphatic heterocycles. The van der Waals surface area contributed by atoms with Crippen LogP contribution in [0.4, 0.5) is 8.78 Å². The zero-order chi connectivity index (χ0) is 21.8. The van der Waals surface area contributed by atoms with Gasteiger partial charge in [-0.3, -0.25) is 14.5 Å². The molecular weight excluding hydrogens is 400 g/mol. The topological polar surface area (TPSA) is 65.2 Å². The van der Waals surface area contributed by atoms with Gasteiger partial charge in [0, 0.05) is 31.4 Å². The lowest BCUT2D eigenvalue weighted by Crippen LogP contribution is -2.45. The number of pyridine rings is 1. The molecule has 1 amide bonds. The number of aromatic nitrogens is 1. The van der Waals surface area contributed by atoms with Crippen LogP contribution in [0.1, 0.15) is 28.8 Å². The third-order valence-corrected chi connectivity index (χ3v) is 5.55. The van der Waals surface area contributed by atoms with Crippen molar-refractivity contribution in [1.29, 1.82) is 0 Å². The van der Waals surface area contributed by atoms with Crippen LogP contribution in [0.5, 0.6) is 0 Å². The van der Waals surface area contributed by atoms with Gasteiger partial charge in [0.1, 0.15) is 5.56 Å². The van der Waals surface area contributed by atoms with Gasteiger partial charge in [-0.05, 0) is 48.2 Å². The van der Waals surface area contributed by atoms with E-state index in [9.17, 15) is 18.4 Å². The Bertz CT molecular complexity index is 1120. The summed E-state index contributed by atoms with van der Waals surface area (Å²) in [4.78, 5) is 29.9. The fourth-order valence-electron chi connectivity index (χ4n) is 3.83. The van der Waals surface area contributed by atoms with E-state index in [0.29, 0.717) is 30.9 Å². The van der Waals surface area contributed by atoms with Gasteiger partial charge in [0.2, 0.25) is 0 Å². The molecule has 1 fully saturated rings. The minimum atomic E-state index is -0.850. The van der Waals surface area contributed by atoms with Gasteiger partial charge in [-0.2, -0.15) is 0 Å². The van der Waals surface area contributed by atoms with Crippen molar-refractivity contribution in [1.82, 2.24) is 15.2 Å². The van der Waals surface area contributed by atoms with Gasteiger partial charge in [0.15, 0.2) is 11.6 Å². The van der Waals surface area contributed by atoms with E-state index < -0.39 is 17.2 Å². The third kappa shape index (κ3) is 5.06. The molecule has 31 heavy (non-hydrogen) atoms. The zero-order valence-electron chi connectivity index (χ0n) is 16.9. The Morgan fingerprint density at radius 2 is 1.74 bits per heavy atom. The second kappa shape index (κ2) is 9.22. The van der Waals surface area contributed by atoms with Crippen molar-refractivity contribution < 1.29 is 13.6 Å². The normalized spacial score (nSPS) is 15.0. The Kier molecular flexibility index (Phi) is 6.23. The number of rotatable bonds is 5. The number of nitrogens with one attached hydrogen (secondary N) is 2. The van der Waals surface area contributed by atoms with Gasteiger partial charge >= 0.3 is 0 Å². The van der Waals surface area contributed by atoms with E-state index in [4.69, 9.17) is 0 Å². The van der Waals surface area contributed by atoms with Gasteiger partial charge in [-0.25, -0.2) is 8.78 Å². The molecule has 2 aromatic carbocycles. The molecule has 3 aromatic rings. The number of carbonyl (C=O) groups is 1. The third-order valence-electron chi connectivity index (χ3n) is 5.55. The first kappa shape index (κ1) is 20.9. The second-order valence-corrected chi connectivity index (χ2v) is 7.75. The Hall–Kier alpha value is -3.32. The first-order valence-corrected chi connectivity index (χ1v) is 10.3. The van der Waals surface area contributed by atoms with Crippen LogP contribution in [0.25, 0.3) is 11.3 Å². The van der Waals surface area contributed by atoms with Crippen LogP contribution in [0, 0.1) is 11.6 Å². The van der Waals surface area contributed by atoms with Crippen molar-refractivity contribution in [2.75, 3.05) is 13.1 Å². The van der Waals surface area contributed by atoms with Crippen molar-refractivity contribution in [3.05, 3.63) is 93.8 Å². The molecule has 5 nitrogen and oxygen atoms in total. The molecule has 0 bridgehead atoms. The van der Waals surface area contributed by atoms with Gasteiger partial charge in [0.05, 0.1) is 0 Å². The van der Waals surface area contributed by atoms with E-state index in [1.807, 2.05) is 30.3 Å². The molecule has 0 aliphatic carbocycles. The highest BCUT2D eigenvalue weighted by Gasteiger charge is 2.22. The summed E-state index contributed by atoms with van der Waals surface area (Å²) in [6.07, 6.45) is 1.44. The SMILES string of the molecule is O=C(NC1CCN(Cc2ccc(F)c(F)c2)CC1)c1ccc(-c2ccccc2)[nH]c1=O. The molecule has 1 aromatic heterocycles. The number of H-pyrrole nitrogens is 1. The van der Waals surface area contributed by atoms with Gasteiger partial charge < -0.3 is 10.3 Å². The van der Waals surface area contributed by atoms with E-state index in [-0.39, 0.29) is 17.5 Å². The van der Waals surface area contributed by atoms with E-state index in [2.05, 4.69) is 15.2 Å². The first-order valence-electron chi connectivity index (χ1n) is 10.3. The molecule has 2 N–H and O–H groups in total. The lowest BCUT2D eigenvalue weighted by Gasteiger charge is -2.32. The Morgan fingerprint density at radius 3 is 2.42 bits per heavy atom. The molecule has 2 heterocycles. The van der Waals surface area contributed by atoms with Crippen LogP contribution in [0.3, 0.4) is 0 Å². The van der Waals surface area contributed by atoms with E-state index in [1.165, 1.54) is 6.07 Å². The number of amides is 1. The predicted octanol–water partition coefficient (Wildman–Crippen LogP) is 3.71. The molecule has 0 radical (unpaired) electrons. The Labute approximate surface area is 178 Å². The smallest absolute Gasteiger partial charge is 0.261 e. The highest BCUT2D eigenvalue weighted by atomic mass is 19.2. The van der Waals surface area contributed by atoms with Gasteiger partial charge in [-0.15, -0.1) is 0 Å². The summed E-state index contributed by atoms with van der Waals surface area (Å²) in [6.45, 7) is 1.96. The number of likely N-dealkylation sites (tertiary alicyclic amines) is 1. The average molecular weight is 423 g/mol. The van der Waals surface area contributed by atoms with E-state index in [1.54, 1.807) is 18.2 Å². The molecule has 1 aliphatic rings. The number of halogens is 2. The van der Waals surface area contributed by atoms with Gasteiger partial charge in [0.25, 0.3) is 11.5 Å². The average Bonchev–Trinajstić information content (AvgIpc) is 2.78. The number of aromatic amines is 1. The predicted molar refractivity (Wildman–Crippen MR) is 115 cm³/mol. The van der Waals surface area contributed by atoms with Crippen LogP contribution in [-0.4, -0.2) is 34.9 Å². The molecular formula is C24H23F2N3O2. The van der Waals surface area contributed by atoms with Crippen LogP contribution in [0.2, 0.25) is 0 Å². The highest BCUT2D eigenvalue weighted by molar-refractivity contribution is 5.94. The van der Waals surface area contributed by atoms with E-state index in [0.717, 1.165) is 24.5 Å². The zero-order valence-corrected chi connectivity index (χ0v) is 16.9. The number of piperidine rings is 1. The summed E-state index contributed by atoms with van der Waals surface area (Å²) in [5, 5.41) is 2.94. The molecule has 160 valence electrons. The summed E-state index contributed by atoms with van der Waals surface area (Å²) < 4.78 is 26.5. The van der Waals surface area contributed by atoms with Crippen LogP contribution >= 0.6 is 0 Å². The van der Waals surface area contributed by atoms with Crippen LogP contribution < -0.4 is 10.9 Å². The van der Waals surface area contributed by atoms with Crippen LogP contribution in [-0.2, 0) is 6.54 Å². The molecule has 7 heteroatoms. The largest absolute Gasteiger partial charge is 0.349 e. The fourth-order valence-corrected chi connectivity index (χ4v) is 3.83.